The highest BCUT2D eigenvalue weighted by Crippen LogP contribution is 2.25. The van der Waals surface area contributed by atoms with Gasteiger partial charge in [0.1, 0.15) is 6.54 Å². The molecule has 8 heteroatoms. The van der Waals surface area contributed by atoms with Crippen LogP contribution in [0.1, 0.15) is 26.2 Å². The zero-order valence-electron chi connectivity index (χ0n) is 16.8. The van der Waals surface area contributed by atoms with E-state index in [1.54, 1.807) is 13.3 Å². The highest BCUT2D eigenvalue weighted by atomic mass is 16.3. The van der Waals surface area contributed by atoms with E-state index >= 15 is 0 Å². The monoisotopic (exact) mass is 399 g/mol. The molecule has 1 aliphatic carbocycles. The number of nitrogens with one attached hydrogen (secondary N) is 1. The van der Waals surface area contributed by atoms with Crippen molar-refractivity contribution in [1.82, 2.24) is 24.7 Å². The number of imidazole rings is 1. The van der Waals surface area contributed by atoms with Gasteiger partial charge >= 0.3 is 0 Å². The molecule has 1 saturated heterocycles. The minimum atomic E-state index is -0.601. The summed E-state index contributed by atoms with van der Waals surface area (Å²) in [7, 11) is 0. The Morgan fingerprint density at radius 3 is 2.69 bits per heavy atom. The third kappa shape index (κ3) is 4.28. The van der Waals surface area contributed by atoms with Crippen molar-refractivity contribution in [2.24, 2.45) is 0 Å². The number of benzene rings is 1. The SMILES string of the molecule is CC(=O)N1CCN([C@@H]2CCC[C@@H](NC(=O)Cn3cnc4ccccc43)[C@H]2O)CC1. The molecule has 0 radical (unpaired) electrons. The van der Waals surface area contributed by atoms with E-state index in [9.17, 15) is 14.7 Å². The molecule has 3 atom stereocenters. The summed E-state index contributed by atoms with van der Waals surface area (Å²) in [5.74, 6) is -0.00902. The molecule has 2 amide bonds. The molecule has 2 aliphatic rings. The lowest BCUT2D eigenvalue weighted by Crippen LogP contribution is -2.60. The second-order valence-electron chi connectivity index (χ2n) is 8.07. The van der Waals surface area contributed by atoms with Crippen LogP contribution < -0.4 is 5.32 Å². The van der Waals surface area contributed by atoms with E-state index < -0.39 is 6.10 Å². The Morgan fingerprint density at radius 1 is 1.17 bits per heavy atom. The number of amides is 2. The van der Waals surface area contributed by atoms with Gasteiger partial charge in [-0.3, -0.25) is 14.5 Å². The molecule has 1 aromatic carbocycles. The first-order valence-electron chi connectivity index (χ1n) is 10.4. The van der Waals surface area contributed by atoms with Gasteiger partial charge in [0.15, 0.2) is 0 Å². The van der Waals surface area contributed by atoms with E-state index in [4.69, 9.17) is 0 Å². The van der Waals surface area contributed by atoms with E-state index in [-0.39, 0.29) is 30.4 Å². The largest absolute Gasteiger partial charge is 0.389 e. The van der Waals surface area contributed by atoms with Crippen LogP contribution in [0.15, 0.2) is 30.6 Å². The zero-order valence-corrected chi connectivity index (χ0v) is 16.8. The summed E-state index contributed by atoms with van der Waals surface area (Å²) < 4.78 is 1.83. The Kier molecular flexibility index (Phi) is 5.82. The molecular formula is C21H29N5O3. The Morgan fingerprint density at radius 2 is 1.93 bits per heavy atom. The Labute approximate surface area is 170 Å². The van der Waals surface area contributed by atoms with E-state index in [1.807, 2.05) is 33.7 Å². The lowest BCUT2D eigenvalue weighted by Gasteiger charge is -2.45. The number of carbonyl (C=O) groups is 2. The molecule has 2 N–H and O–H groups in total. The van der Waals surface area contributed by atoms with Gasteiger partial charge in [0.2, 0.25) is 11.8 Å². The van der Waals surface area contributed by atoms with Crippen LogP contribution in [0.3, 0.4) is 0 Å². The second kappa shape index (κ2) is 8.51. The molecule has 0 spiro atoms. The van der Waals surface area contributed by atoms with Gasteiger partial charge in [-0.25, -0.2) is 4.98 Å². The van der Waals surface area contributed by atoms with Crippen LogP contribution >= 0.6 is 0 Å². The van der Waals surface area contributed by atoms with Gasteiger partial charge < -0.3 is 19.9 Å². The van der Waals surface area contributed by atoms with Gasteiger partial charge in [0, 0.05) is 39.1 Å². The van der Waals surface area contributed by atoms with Crippen molar-refractivity contribution in [1.29, 1.82) is 0 Å². The van der Waals surface area contributed by atoms with Crippen LogP contribution in [0.5, 0.6) is 0 Å². The molecule has 4 rings (SSSR count). The smallest absolute Gasteiger partial charge is 0.240 e. The first-order chi connectivity index (χ1) is 14.0. The molecular weight excluding hydrogens is 370 g/mol. The molecule has 1 aromatic heterocycles. The van der Waals surface area contributed by atoms with Crippen molar-refractivity contribution in [2.75, 3.05) is 26.2 Å². The van der Waals surface area contributed by atoms with Gasteiger partial charge in [-0.15, -0.1) is 0 Å². The average Bonchev–Trinajstić information content (AvgIpc) is 3.12. The van der Waals surface area contributed by atoms with E-state index in [0.717, 1.165) is 43.4 Å². The number of nitrogens with zero attached hydrogens (tertiary/aromatic N) is 4. The highest BCUT2D eigenvalue weighted by molar-refractivity contribution is 5.80. The molecule has 1 aliphatic heterocycles. The van der Waals surface area contributed by atoms with Crippen LogP contribution in [-0.2, 0) is 16.1 Å². The number of aliphatic hydroxyl groups excluding tert-OH is 1. The lowest BCUT2D eigenvalue weighted by molar-refractivity contribution is -0.132. The molecule has 0 unspecified atom stereocenters. The second-order valence-corrected chi connectivity index (χ2v) is 8.07. The molecule has 8 nitrogen and oxygen atoms in total. The first-order valence-corrected chi connectivity index (χ1v) is 10.4. The van der Waals surface area contributed by atoms with Crippen molar-refractivity contribution in [3.63, 3.8) is 0 Å². The first kappa shape index (κ1) is 19.8. The Balaban J connectivity index is 1.35. The molecule has 1 saturated carbocycles. The molecule has 29 heavy (non-hydrogen) atoms. The maximum atomic E-state index is 12.6. The quantitative estimate of drug-likeness (QED) is 0.786. The molecule has 0 bridgehead atoms. The molecule has 2 aromatic rings. The highest BCUT2D eigenvalue weighted by Gasteiger charge is 2.37. The fourth-order valence-electron chi connectivity index (χ4n) is 4.62. The van der Waals surface area contributed by atoms with Crippen molar-refractivity contribution < 1.29 is 14.7 Å². The van der Waals surface area contributed by atoms with Gasteiger partial charge in [0.05, 0.1) is 29.5 Å². The summed E-state index contributed by atoms with van der Waals surface area (Å²) in [6.07, 6.45) is 3.74. The van der Waals surface area contributed by atoms with Crippen LogP contribution in [0.4, 0.5) is 0 Å². The summed E-state index contributed by atoms with van der Waals surface area (Å²) in [5, 5.41) is 14.0. The third-order valence-corrected chi connectivity index (χ3v) is 6.24. The van der Waals surface area contributed by atoms with Gasteiger partial charge in [-0.2, -0.15) is 0 Å². The van der Waals surface area contributed by atoms with Crippen LogP contribution in [0, 0.1) is 0 Å². The summed E-state index contributed by atoms with van der Waals surface area (Å²) in [4.78, 5) is 32.6. The van der Waals surface area contributed by atoms with Gasteiger partial charge in [-0.1, -0.05) is 12.1 Å². The van der Waals surface area contributed by atoms with Crippen LogP contribution in [0.25, 0.3) is 11.0 Å². The number of fused-ring (bicyclic) bond motifs is 1. The zero-order chi connectivity index (χ0) is 20.4. The lowest BCUT2D eigenvalue weighted by atomic mass is 9.86. The number of carbonyl (C=O) groups excluding carboxylic acids is 2. The molecule has 156 valence electrons. The summed E-state index contributed by atoms with van der Waals surface area (Å²) in [6, 6.07) is 7.50. The Hall–Kier alpha value is -2.45. The number of para-hydroxylation sites is 2. The fourth-order valence-corrected chi connectivity index (χ4v) is 4.62. The number of aromatic nitrogens is 2. The number of aliphatic hydroxyl groups is 1. The number of hydrogen-bond acceptors (Lipinski definition) is 5. The average molecular weight is 399 g/mol. The van der Waals surface area contributed by atoms with E-state index in [1.165, 1.54) is 0 Å². The maximum Gasteiger partial charge on any atom is 0.240 e. The Bertz CT molecular complexity index is 874. The topological polar surface area (TPSA) is 90.7 Å². The predicted octanol–water partition coefficient (Wildman–Crippen LogP) is 0.599. The van der Waals surface area contributed by atoms with Crippen molar-refractivity contribution in [2.45, 2.75) is 50.9 Å². The molecule has 2 fully saturated rings. The van der Waals surface area contributed by atoms with Gasteiger partial charge in [0.25, 0.3) is 0 Å². The van der Waals surface area contributed by atoms with Gasteiger partial charge in [-0.05, 0) is 31.4 Å². The number of piperazine rings is 1. The summed E-state index contributed by atoms with van der Waals surface area (Å²) in [5.41, 5.74) is 1.79. The minimum Gasteiger partial charge on any atom is -0.389 e. The van der Waals surface area contributed by atoms with E-state index in [0.29, 0.717) is 13.1 Å². The van der Waals surface area contributed by atoms with Crippen molar-refractivity contribution in [3.05, 3.63) is 30.6 Å². The third-order valence-electron chi connectivity index (χ3n) is 6.24. The number of hydrogen-bond donors (Lipinski definition) is 2. The molecule has 2 heterocycles. The fraction of sp³-hybridized carbons (Fsp3) is 0.571. The predicted molar refractivity (Wildman–Crippen MR) is 109 cm³/mol. The maximum absolute atomic E-state index is 12.6. The standard InChI is InChI=1S/C21H29N5O3/c1-15(27)24-9-11-25(12-10-24)19-8-4-6-17(21(19)29)23-20(28)13-26-14-22-16-5-2-3-7-18(16)26/h2-3,5,7,14,17,19,21,29H,4,6,8-13H2,1H3,(H,23,28)/t17-,19-,21-/m1/s1. The van der Waals surface area contributed by atoms with Crippen molar-refractivity contribution in [3.8, 4) is 0 Å². The van der Waals surface area contributed by atoms with Crippen molar-refractivity contribution >= 4 is 22.8 Å². The minimum absolute atomic E-state index is 0.0252. The van der Waals surface area contributed by atoms with E-state index in [2.05, 4.69) is 15.2 Å². The number of rotatable bonds is 4. The van der Waals surface area contributed by atoms with Crippen LogP contribution in [0.2, 0.25) is 0 Å². The normalized spacial score (nSPS) is 25.9. The van der Waals surface area contributed by atoms with Crippen LogP contribution in [-0.4, -0.2) is 80.6 Å². The summed E-state index contributed by atoms with van der Waals surface area (Å²) in [6.45, 7) is 4.71. The summed E-state index contributed by atoms with van der Waals surface area (Å²) >= 11 is 0.